The smallest absolute Gasteiger partial charge is 0.315 e. The second kappa shape index (κ2) is 16.4. The van der Waals surface area contributed by atoms with Crippen molar-refractivity contribution in [1.82, 2.24) is 26.2 Å². The molecule has 1 saturated heterocycles. The van der Waals surface area contributed by atoms with Gasteiger partial charge in [0, 0.05) is 12.6 Å². The van der Waals surface area contributed by atoms with Crippen LogP contribution in [0.1, 0.15) is 158 Å². The van der Waals surface area contributed by atoms with E-state index in [1.807, 2.05) is 20.8 Å². The lowest BCUT2D eigenvalue weighted by Crippen LogP contribution is -2.64. The molecular weight excluding hydrogens is 707 g/mol. The number of amides is 5. The maximum absolute atomic E-state index is 15.2. The van der Waals surface area contributed by atoms with Gasteiger partial charge in [0.05, 0.1) is 22.1 Å². The zero-order valence-electron chi connectivity index (χ0n) is 34.1. The summed E-state index contributed by atoms with van der Waals surface area (Å²) in [6, 6.07) is -3.37. The number of nitrogens with one attached hydrogen (secondary N) is 4. The minimum atomic E-state index is -3.57. The molecule has 5 atom stereocenters. The van der Waals surface area contributed by atoms with Crippen molar-refractivity contribution in [3.8, 4) is 0 Å². The summed E-state index contributed by atoms with van der Waals surface area (Å²) >= 11 is 0. The molecule has 4 aliphatic carbocycles. The summed E-state index contributed by atoms with van der Waals surface area (Å²) in [4.78, 5) is 71.9. The van der Waals surface area contributed by atoms with Crippen LogP contribution in [0.4, 0.5) is 4.79 Å². The highest BCUT2D eigenvalue weighted by molar-refractivity contribution is 7.92. The Bertz CT molecular complexity index is 1520. The summed E-state index contributed by atoms with van der Waals surface area (Å²) in [6.07, 6.45) is 13.1. The lowest BCUT2D eigenvalue weighted by Gasteiger charge is -2.44. The molecule has 0 spiro atoms. The molecule has 0 bridgehead atoms. The summed E-state index contributed by atoms with van der Waals surface area (Å²) in [6.45, 7) is 13.6. The van der Waals surface area contributed by atoms with Gasteiger partial charge in [0.2, 0.25) is 17.6 Å². The number of urea groups is 1. The molecule has 4 N–H and O–H groups in total. The predicted molar refractivity (Wildman–Crippen MR) is 209 cm³/mol. The van der Waals surface area contributed by atoms with Crippen LogP contribution in [0.3, 0.4) is 0 Å². The Kier molecular flexibility index (Phi) is 12.9. The highest BCUT2D eigenvalue weighted by Crippen LogP contribution is 2.58. The predicted octanol–water partition coefficient (Wildman–Crippen LogP) is 5.33. The molecule has 1 aliphatic heterocycles. The number of hydrogen-bond donors (Lipinski definition) is 4. The third-order valence-electron chi connectivity index (χ3n) is 13.8. The van der Waals surface area contributed by atoms with Crippen LogP contribution in [0.15, 0.2) is 0 Å². The number of rotatable bonds is 15. The number of hydrogen-bond acceptors (Lipinski definition) is 7. The Labute approximate surface area is 324 Å². The maximum atomic E-state index is 15.2. The molecule has 13 heteroatoms. The van der Waals surface area contributed by atoms with E-state index in [0.717, 1.165) is 77.0 Å². The molecule has 5 fully saturated rings. The topological polar surface area (TPSA) is 171 Å². The number of likely N-dealkylation sites (tertiary alicyclic amines) is 1. The van der Waals surface area contributed by atoms with E-state index >= 15 is 4.79 Å². The average molecular weight is 776 g/mol. The first-order chi connectivity index (χ1) is 25.3. The Hall–Kier alpha value is -2.70. The number of Topliss-reactive ketones (excluding diaryl/α,β-unsaturated/α-hetero) is 1. The number of ketones is 1. The molecule has 5 rings (SSSR count). The van der Waals surface area contributed by atoms with E-state index in [-0.39, 0.29) is 35.0 Å². The molecule has 54 heavy (non-hydrogen) atoms. The summed E-state index contributed by atoms with van der Waals surface area (Å²) in [5, 5.41) is 11.9. The van der Waals surface area contributed by atoms with Crippen LogP contribution >= 0.6 is 0 Å². The molecule has 0 aromatic heterocycles. The Balaban J connectivity index is 1.45. The summed E-state index contributed by atoms with van der Waals surface area (Å²) in [5.74, 6) is -2.37. The second-order valence-electron chi connectivity index (χ2n) is 19.2. The van der Waals surface area contributed by atoms with Gasteiger partial charge >= 0.3 is 6.03 Å². The van der Waals surface area contributed by atoms with Crippen LogP contribution < -0.4 is 21.3 Å². The molecule has 0 radical (unpaired) electrons. The minimum absolute atomic E-state index is 0.00515. The zero-order chi connectivity index (χ0) is 39.7. The third-order valence-corrected chi connectivity index (χ3v) is 16.6. The van der Waals surface area contributed by atoms with Crippen LogP contribution in [0.2, 0.25) is 0 Å². The quantitative estimate of drug-likeness (QED) is 0.163. The zero-order valence-corrected chi connectivity index (χ0v) is 34.9. The Morgan fingerprint density at radius 2 is 1.43 bits per heavy atom. The van der Waals surface area contributed by atoms with Crippen molar-refractivity contribution < 1.29 is 32.4 Å². The first kappa shape index (κ1) is 42.4. The summed E-state index contributed by atoms with van der Waals surface area (Å²) in [7, 11) is -3.57. The second-order valence-corrected chi connectivity index (χ2v) is 21.9. The van der Waals surface area contributed by atoms with Crippen molar-refractivity contribution in [3.05, 3.63) is 0 Å². The van der Waals surface area contributed by atoms with Crippen molar-refractivity contribution in [1.29, 1.82) is 0 Å². The average Bonchev–Trinajstić information content (AvgIpc) is 4.03. The van der Waals surface area contributed by atoms with Gasteiger partial charge in [0.25, 0.3) is 5.91 Å². The lowest BCUT2D eigenvalue weighted by atomic mass is 9.70. The number of carbonyl (C=O) groups is 5. The Morgan fingerprint density at radius 1 is 0.833 bits per heavy atom. The van der Waals surface area contributed by atoms with E-state index in [1.54, 1.807) is 25.7 Å². The van der Waals surface area contributed by atoms with Crippen LogP contribution in [0.5, 0.6) is 0 Å². The summed E-state index contributed by atoms with van der Waals surface area (Å²) in [5.41, 5.74) is -1.55. The van der Waals surface area contributed by atoms with Crippen LogP contribution in [-0.2, 0) is 29.0 Å². The molecule has 0 aromatic carbocycles. The van der Waals surface area contributed by atoms with Gasteiger partial charge in [0.15, 0.2) is 9.84 Å². The standard InChI is InChI=1S/C41H69N5O7S/c1-8-16-30(32(47)35(49)42-27-17-18-27)43-34(48)31-28(9-2)29(39(6)23-24-39)25-46(31)36(50)33(40(7)19-12-10-13-20-40)44-37(51)45-41(21-14-11-15-22-41)26-54(52,53)38(3,4)5/h27-31,33H,8-26H2,1-7H3,(H,42,49)(H,43,48)(H2,44,45,51)/t28-,29-,30?,31-,33+/m0/s1. The van der Waals surface area contributed by atoms with Crippen LogP contribution in [-0.4, -0.2) is 89.6 Å². The van der Waals surface area contributed by atoms with E-state index in [2.05, 4.69) is 28.2 Å². The van der Waals surface area contributed by atoms with Gasteiger partial charge in [-0.1, -0.05) is 79.1 Å². The monoisotopic (exact) mass is 775 g/mol. The fourth-order valence-corrected chi connectivity index (χ4v) is 11.1. The highest BCUT2D eigenvalue weighted by Gasteiger charge is 2.59. The van der Waals surface area contributed by atoms with Crippen molar-refractivity contribution in [2.45, 2.75) is 192 Å². The van der Waals surface area contributed by atoms with Crippen molar-refractivity contribution >= 4 is 39.4 Å². The number of nitrogens with zero attached hydrogens (tertiary/aromatic N) is 1. The summed E-state index contributed by atoms with van der Waals surface area (Å²) < 4.78 is 26.1. The van der Waals surface area contributed by atoms with Crippen molar-refractivity contribution in [2.24, 2.45) is 22.7 Å². The Morgan fingerprint density at radius 3 is 1.94 bits per heavy atom. The molecule has 4 saturated carbocycles. The normalized spacial score (nSPS) is 27.2. The van der Waals surface area contributed by atoms with Crippen LogP contribution in [0, 0.1) is 22.7 Å². The molecular formula is C41H69N5O7S. The third kappa shape index (κ3) is 9.45. The molecule has 1 heterocycles. The SMILES string of the molecule is CCCC(NC(=O)[C@@H]1[C@@H](CC)[C@@H](C2(C)CC2)CN1C(=O)[C@@H](NC(=O)NC1(CS(=O)(=O)C(C)(C)C)CCCCC1)C1(C)CCCCC1)C(=O)C(=O)NC1CC1. The first-order valence-corrected chi connectivity index (χ1v) is 22.7. The largest absolute Gasteiger partial charge is 0.347 e. The van der Waals surface area contributed by atoms with Gasteiger partial charge in [-0.3, -0.25) is 19.2 Å². The highest BCUT2D eigenvalue weighted by atomic mass is 32.2. The first-order valence-electron chi connectivity index (χ1n) is 21.1. The molecule has 12 nitrogen and oxygen atoms in total. The van der Waals surface area contributed by atoms with Crippen molar-refractivity contribution in [2.75, 3.05) is 12.3 Å². The van der Waals surface area contributed by atoms with E-state index in [9.17, 15) is 27.6 Å². The van der Waals surface area contributed by atoms with Gasteiger partial charge in [-0.25, -0.2) is 13.2 Å². The fraction of sp³-hybridized carbons (Fsp3) is 0.878. The van der Waals surface area contributed by atoms with E-state index in [0.29, 0.717) is 38.6 Å². The van der Waals surface area contributed by atoms with Gasteiger partial charge in [-0.2, -0.15) is 0 Å². The van der Waals surface area contributed by atoms with Gasteiger partial charge in [-0.05, 0) is 101 Å². The number of carbonyl (C=O) groups excluding carboxylic acids is 5. The van der Waals surface area contributed by atoms with E-state index in [1.165, 1.54) is 0 Å². The maximum Gasteiger partial charge on any atom is 0.315 e. The lowest BCUT2D eigenvalue weighted by molar-refractivity contribution is -0.145. The molecule has 5 aliphatic rings. The van der Waals surface area contributed by atoms with Gasteiger partial charge in [0.1, 0.15) is 12.1 Å². The van der Waals surface area contributed by atoms with E-state index in [4.69, 9.17) is 0 Å². The van der Waals surface area contributed by atoms with Crippen molar-refractivity contribution in [3.63, 3.8) is 0 Å². The van der Waals surface area contributed by atoms with Crippen LogP contribution in [0.25, 0.3) is 0 Å². The fourth-order valence-electron chi connectivity index (χ4n) is 9.62. The van der Waals surface area contributed by atoms with Gasteiger partial charge in [-0.15, -0.1) is 0 Å². The molecule has 306 valence electrons. The van der Waals surface area contributed by atoms with E-state index < -0.39 is 67.3 Å². The minimum Gasteiger partial charge on any atom is -0.347 e. The molecule has 5 amide bonds. The van der Waals surface area contributed by atoms with Gasteiger partial charge < -0.3 is 26.2 Å². The molecule has 0 aromatic rings. The molecule has 1 unspecified atom stereocenters. The number of sulfone groups is 1.